The van der Waals surface area contributed by atoms with Gasteiger partial charge in [0.25, 0.3) is 5.56 Å². The Morgan fingerprint density at radius 2 is 1.89 bits per heavy atom. The Labute approximate surface area is 207 Å². The number of aryl methyl sites for hydroxylation is 2. The van der Waals surface area contributed by atoms with Crippen molar-refractivity contribution in [1.82, 2.24) is 29.8 Å². The van der Waals surface area contributed by atoms with Crippen LogP contribution in [0.1, 0.15) is 11.5 Å². The minimum absolute atomic E-state index is 0.117. The highest BCUT2D eigenvalue weighted by Crippen LogP contribution is 2.31. The van der Waals surface area contributed by atoms with Gasteiger partial charge in [-0.25, -0.2) is 15.0 Å². The molecule has 1 N–H and O–H groups in total. The van der Waals surface area contributed by atoms with Gasteiger partial charge in [-0.05, 0) is 33.0 Å². The van der Waals surface area contributed by atoms with E-state index in [-0.39, 0.29) is 18.1 Å². The highest BCUT2D eigenvalue weighted by atomic mass is 35.5. The van der Waals surface area contributed by atoms with Crippen molar-refractivity contribution < 1.29 is 9.47 Å². The fourth-order valence-electron chi connectivity index (χ4n) is 4.07. The molecule has 1 aliphatic heterocycles. The maximum atomic E-state index is 13.7. The zero-order valence-corrected chi connectivity index (χ0v) is 20.4. The highest BCUT2D eigenvalue weighted by molar-refractivity contribution is 6.33. The number of nitrogens with one attached hydrogen (secondary N) is 1. The topological polar surface area (TPSA) is 104 Å². The third-order valence-corrected chi connectivity index (χ3v) is 6.28. The summed E-state index contributed by atoms with van der Waals surface area (Å²) in [5, 5.41) is 4.29. The first-order chi connectivity index (χ1) is 16.9. The average Bonchev–Trinajstić information content (AvgIpc) is 2.86. The molecule has 3 aromatic heterocycles. The van der Waals surface area contributed by atoms with Gasteiger partial charge in [-0.1, -0.05) is 23.7 Å². The van der Waals surface area contributed by atoms with E-state index in [4.69, 9.17) is 21.1 Å². The van der Waals surface area contributed by atoms with E-state index in [9.17, 15) is 4.79 Å². The summed E-state index contributed by atoms with van der Waals surface area (Å²) < 4.78 is 13.3. The summed E-state index contributed by atoms with van der Waals surface area (Å²) >= 11 is 6.69. The van der Waals surface area contributed by atoms with Gasteiger partial charge in [-0.15, -0.1) is 0 Å². The van der Waals surface area contributed by atoms with Crippen molar-refractivity contribution in [2.24, 2.45) is 0 Å². The Bertz CT molecular complexity index is 1450. The van der Waals surface area contributed by atoms with Crippen molar-refractivity contribution in [2.75, 3.05) is 20.3 Å². The minimum Gasteiger partial charge on any atom is -0.349 e. The number of benzene rings is 1. The fraction of sp³-hybridized carbons (Fsp3) is 0.320. The van der Waals surface area contributed by atoms with Crippen molar-refractivity contribution in [2.45, 2.75) is 32.7 Å². The van der Waals surface area contributed by atoms with Crippen LogP contribution in [0.3, 0.4) is 0 Å². The Balaban J connectivity index is 1.58. The molecule has 35 heavy (non-hydrogen) atoms. The molecule has 0 saturated carbocycles. The van der Waals surface area contributed by atoms with E-state index in [1.54, 1.807) is 42.2 Å². The summed E-state index contributed by atoms with van der Waals surface area (Å²) in [6.07, 6.45) is 4.52. The Morgan fingerprint density at radius 3 is 2.60 bits per heavy atom. The van der Waals surface area contributed by atoms with Crippen LogP contribution in [0.15, 0.2) is 47.7 Å². The van der Waals surface area contributed by atoms with Crippen LogP contribution in [-0.4, -0.2) is 57.1 Å². The second kappa shape index (κ2) is 9.79. The van der Waals surface area contributed by atoms with E-state index in [1.807, 2.05) is 26.1 Å². The van der Waals surface area contributed by atoms with Crippen LogP contribution >= 0.6 is 11.6 Å². The van der Waals surface area contributed by atoms with Gasteiger partial charge in [0.2, 0.25) is 0 Å². The lowest BCUT2D eigenvalue weighted by atomic mass is 10.0. The van der Waals surface area contributed by atoms with Gasteiger partial charge in [-0.3, -0.25) is 14.3 Å². The molecule has 10 heteroatoms. The molecule has 1 aliphatic rings. The number of pyridine rings is 1. The van der Waals surface area contributed by atoms with Crippen LogP contribution in [-0.2, 0) is 16.0 Å². The van der Waals surface area contributed by atoms with E-state index >= 15 is 0 Å². The number of halogens is 1. The number of rotatable bonds is 5. The number of likely N-dealkylation sites (N-methyl/N-ethyl adjacent to an activating group) is 1. The summed E-state index contributed by atoms with van der Waals surface area (Å²) in [5.41, 5.74) is 3.69. The Morgan fingerprint density at radius 1 is 1.09 bits per heavy atom. The van der Waals surface area contributed by atoms with Gasteiger partial charge in [-0.2, -0.15) is 0 Å². The molecular weight excluding hydrogens is 468 g/mol. The van der Waals surface area contributed by atoms with E-state index < -0.39 is 6.29 Å². The molecule has 0 radical (unpaired) electrons. The molecule has 1 saturated heterocycles. The zero-order chi connectivity index (χ0) is 24.5. The van der Waals surface area contributed by atoms with E-state index in [1.165, 1.54) is 0 Å². The molecule has 0 spiro atoms. The molecule has 0 amide bonds. The smallest absolute Gasteiger partial charge is 0.260 e. The lowest BCUT2D eigenvalue weighted by Gasteiger charge is -2.29. The third-order valence-electron chi connectivity index (χ3n) is 5.96. The number of aromatic nitrogens is 5. The SMILES string of the molecule is CNC1COC(Cn2c(=O)c(-c3ccc(-c4cncc(C)n4)cc3Cl)cc3cnc(C)nc32)OC1. The minimum atomic E-state index is -0.566. The van der Waals surface area contributed by atoms with Crippen molar-refractivity contribution in [3.05, 3.63) is 69.8 Å². The first-order valence-electron chi connectivity index (χ1n) is 11.3. The predicted octanol–water partition coefficient (Wildman–Crippen LogP) is 3.15. The van der Waals surface area contributed by atoms with Crippen LogP contribution in [0.5, 0.6) is 0 Å². The standard InChI is InChI=1S/C25H25ClN6O3/c1-14-8-28-10-22(30-14)16-4-5-19(21(26)7-16)20-6-17-9-29-15(2)31-24(17)32(25(20)33)11-23-34-12-18(27-3)13-35-23/h4-10,18,23,27H,11-13H2,1-3H3. The van der Waals surface area contributed by atoms with Crippen molar-refractivity contribution in [1.29, 1.82) is 0 Å². The largest absolute Gasteiger partial charge is 0.349 e. The highest BCUT2D eigenvalue weighted by Gasteiger charge is 2.24. The van der Waals surface area contributed by atoms with Crippen LogP contribution in [0, 0.1) is 13.8 Å². The van der Waals surface area contributed by atoms with E-state index in [0.29, 0.717) is 46.5 Å². The molecule has 180 valence electrons. The molecule has 4 heterocycles. The summed E-state index contributed by atoms with van der Waals surface area (Å²) in [7, 11) is 1.86. The monoisotopic (exact) mass is 492 g/mol. The molecule has 0 unspecified atom stereocenters. The Hall–Kier alpha value is -3.24. The van der Waals surface area contributed by atoms with Crippen molar-refractivity contribution in [3.63, 3.8) is 0 Å². The molecule has 5 rings (SSSR count). The molecule has 1 fully saturated rings. The summed E-state index contributed by atoms with van der Waals surface area (Å²) in [5.74, 6) is 0.570. The Kier molecular flexibility index (Phi) is 6.57. The van der Waals surface area contributed by atoms with Gasteiger partial charge in [0, 0.05) is 39.5 Å². The van der Waals surface area contributed by atoms with E-state index in [2.05, 4.69) is 25.3 Å². The van der Waals surface area contributed by atoms with Gasteiger partial charge < -0.3 is 14.8 Å². The number of ether oxygens (including phenoxy) is 2. The number of fused-ring (bicyclic) bond motifs is 1. The lowest BCUT2D eigenvalue weighted by Crippen LogP contribution is -2.45. The first-order valence-corrected chi connectivity index (χ1v) is 11.7. The zero-order valence-electron chi connectivity index (χ0n) is 19.7. The second-order valence-electron chi connectivity index (χ2n) is 8.49. The number of nitrogens with zero attached hydrogens (tertiary/aromatic N) is 5. The van der Waals surface area contributed by atoms with Gasteiger partial charge in [0.05, 0.1) is 43.4 Å². The quantitative estimate of drug-likeness (QED) is 0.453. The lowest BCUT2D eigenvalue weighted by molar-refractivity contribution is -0.194. The van der Waals surface area contributed by atoms with Crippen LogP contribution in [0.4, 0.5) is 0 Å². The molecule has 0 atom stereocenters. The van der Waals surface area contributed by atoms with Crippen molar-refractivity contribution in [3.8, 4) is 22.4 Å². The summed E-state index contributed by atoms with van der Waals surface area (Å²) in [4.78, 5) is 31.3. The number of hydrogen-bond acceptors (Lipinski definition) is 8. The maximum absolute atomic E-state index is 13.7. The molecule has 0 aliphatic carbocycles. The second-order valence-corrected chi connectivity index (χ2v) is 8.90. The predicted molar refractivity (Wildman–Crippen MR) is 133 cm³/mol. The van der Waals surface area contributed by atoms with Crippen LogP contribution in [0.2, 0.25) is 5.02 Å². The normalized spacial score (nSPS) is 18.2. The number of hydrogen-bond donors (Lipinski definition) is 1. The van der Waals surface area contributed by atoms with Gasteiger partial charge >= 0.3 is 0 Å². The maximum Gasteiger partial charge on any atom is 0.260 e. The van der Waals surface area contributed by atoms with Crippen molar-refractivity contribution >= 4 is 22.6 Å². The first kappa shape index (κ1) is 23.5. The van der Waals surface area contributed by atoms with Crippen LogP contribution < -0.4 is 10.9 Å². The van der Waals surface area contributed by atoms with Crippen LogP contribution in [0.25, 0.3) is 33.4 Å². The summed E-state index contributed by atoms with van der Waals surface area (Å²) in [6, 6.07) is 7.40. The van der Waals surface area contributed by atoms with Gasteiger partial charge in [0.1, 0.15) is 11.5 Å². The summed E-state index contributed by atoms with van der Waals surface area (Å²) in [6.45, 7) is 4.86. The molecular formula is C25H25ClN6O3. The molecule has 4 aromatic rings. The fourth-order valence-corrected chi connectivity index (χ4v) is 4.35. The average molecular weight is 493 g/mol. The third kappa shape index (κ3) is 4.81. The van der Waals surface area contributed by atoms with E-state index in [0.717, 1.165) is 16.6 Å². The molecule has 1 aromatic carbocycles. The molecule has 0 bridgehead atoms. The van der Waals surface area contributed by atoms with Gasteiger partial charge in [0.15, 0.2) is 6.29 Å². The molecule has 9 nitrogen and oxygen atoms in total.